The maximum Gasteiger partial charge on any atom is 0.126 e. The zero-order valence-corrected chi connectivity index (χ0v) is 12.3. The summed E-state index contributed by atoms with van der Waals surface area (Å²) >= 11 is 0. The second kappa shape index (κ2) is 7.39. The molecule has 0 spiro atoms. The van der Waals surface area contributed by atoms with E-state index in [-0.39, 0.29) is 0 Å². The molecule has 3 heteroatoms. The highest BCUT2D eigenvalue weighted by atomic mass is 16.5. The Hall–Kier alpha value is -1.06. The summed E-state index contributed by atoms with van der Waals surface area (Å²) in [6, 6.07) is 2.24. The first-order valence-corrected chi connectivity index (χ1v) is 6.60. The minimum absolute atomic E-state index is 0.875. The first-order valence-electron chi connectivity index (χ1n) is 6.60. The Labute approximate surface area is 111 Å². The van der Waals surface area contributed by atoms with Gasteiger partial charge in [0.25, 0.3) is 0 Å². The molecule has 0 bridgehead atoms. The standard InChI is InChI=1S/C15H26N2O/c1-11-9-12(2)14(15(18-5)13(11)3)10-17-8-6-7-16-4/h9,16-17H,6-8,10H2,1-5H3. The van der Waals surface area contributed by atoms with Gasteiger partial charge >= 0.3 is 0 Å². The number of hydrogen-bond donors (Lipinski definition) is 2. The van der Waals surface area contributed by atoms with Crippen LogP contribution >= 0.6 is 0 Å². The van der Waals surface area contributed by atoms with Gasteiger partial charge in [-0.05, 0) is 64.0 Å². The number of benzene rings is 1. The lowest BCUT2D eigenvalue weighted by atomic mass is 9.99. The van der Waals surface area contributed by atoms with Crippen molar-refractivity contribution in [2.45, 2.75) is 33.7 Å². The van der Waals surface area contributed by atoms with Crippen LogP contribution in [0.25, 0.3) is 0 Å². The van der Waals surface area contributed by atoms with Crippen LogP contribution in [0.2, 0.25) is 0 Å². The van der Waals surface area contributed by atoms with Crippen molar-refractivity contribution in [3.05, 3.63) is 28.3 Å². The van der Waals surface area contributed by atoms with Gasteiger partial charge in [0.2, 0.25) is 0 Å². The largest absolute Gasteiger partial charge is 0.496 e. The molecule has 0 radical (unpaired) electrons. The Morgan fingerprint density at radius 1 is 1.11 bits per heavy atom. The summed E-state index contributed by atoms with van der Waals surface area (Å²) in [4.78, 5) is 0. The third-order valence-electron chi connectivity index (χ3n) is 3.40. The zero-order chi connectivity index (χ0) is 13.5. The minimum atomic E-state index is 0.875. The molecular formula is C15H26N2O. The summed E-state index contributed by atoms with van der Waals surface area (Å²) in [6.45, 7) is 9.36. The average Bonchev–Trinajstić information content (AvgIpc) is 2.35. The van der Waals surface area contributed by atoms with E-state index < -0.39 is 0 Å². The van der Waals surface area contributed by atoms with Crippen LogP contribution in [0.4, 0.5) is 0 Å². The van der Waals surface area contributed by atoms with Crippen LogP contribution in [0, 0.1) is 20.8 Å². The second-order valence-corrected chi connectivity index (χ2v) is 4.78. The van der Waals surface area contributed by atoms with E-state index in [1.165, 1.54) is 22.3 Å². The van der Waals surface area contributed by atoms with E-state index in [0.29, 0.717) is 0 Å². The van der Waals surface area contributed by atoms with E-state index in [4.69, 9.17) is 4.74 Å². The summed E-state index contributed by atoms with van der Waals surface area (Å²) in [6.07, 6.45) is 1.14. The van der Waals surface area contributed by atoms with Crippen LogP contribution in [0.15, 0.2) is 6.07 Å². The van der Waals surface area contributed by atoms with Crippen molar-refractivity contribution >= 4 is 0 Å². The summed E-state index contributed by atoms with van der Waals surface area (Å²) in [5.41, 5.74) is 5.12. The molecule has 3 nitrogen and oxygen atoms in total. The van der Waals surface area contributed by atoms with E-state index in [2.05, 4.69) is 37.5 Å². The lowest BCUT2D eigenvalue weighted by molar-refractivity contribution is 0.403. The molecular weight excluding hydrogens is 224 g/mol. The molecule has 0 saturated heterocycles. The molecule has 0 aliphatic heterocycles. The Morgan fingerprint density at radius 3 is 2.44 bits per heavy atom. The number of ether oxygens (including phenoxy) is 1. The average molecular weight is 250 g/mol. The second-order valence-electron chi connectivity index (χ2n) is 4.78. The maximum absolute atomic E-state index is 5.56. The lowest BCUT2D eigenvalue weighted by Crippen LogP contribution is -2.20. The topological polar surface area (TPSA) is 33.3 Å². The van der Waals surface area contributed by atoms with Crippen molar-refractivity contribution in [2.24, 2.45) is 0 Å². The molecule has 2 N–H and O–H groups in total. The van der Waals surface area contributed by atoms with Gasteiger partial charge in [0.15, 0.2) is 0 Å². The number of aryl methyl sites for hydroxylation is 2. The van der Waals surface area contributed by atoms with Crippen molar-refractivity contribution in [2.75, 3.05) is 27.2 Å². The molecule has 0 amide bonds. The van der Waals surface area contributed by atoms with Crippen LogP contribution in [-0.4, -0.2) is 27.2 Å². The minimum Gasteiger partial charge on any atom is -0.496 e. The third-order valence-corrected chi connectivity index (χ3v) is 3.40. The van der Waals surface area contributed by atoms with E-state index >= 15 is 0 Å². The number of nitrogens with one attached hydrogen (secondary N) is 2. The molecule has 0 heterocycles. The predicted octanol–water partition coefficient (Wildman–Crippen LogP) is 2.32. The molecule has 0 aliphatic rings. The number of rotatable bonds is 7. The maximum atomic E-state index is 5.56. The first kappa shape index (κ1) is 15.0. The highest BCUT2D eigenvalue weighted by Gasteiger charge is 2.11. The Morgan fingerprint density at radius 2 is 1.83 bits per heavy atom. The van der Waals surface area contributed by atoms with Gasteiger partial charge in [-0.25, -0.2) is 0 Å². The van der Waals surface area contributed by atoms with Crippen LogP contribution in [0.5, 0.6) is 5.75 Å². The Kier molecular flexibility index (Phi) is 6.16. The van der Waals surface area contributed by atoms with Gasteiger partial charge in [-0.15, -0.1) is 0 Å². The van der Waals surface area contributed by atoms with Gasteiger partial charge in [0.1, 0.15) is 5.75 Å². The van der Waals surface area contributed by atoms with Crippen molar-refractivity contribution in [3.8, 4) is 5.75 Å². The fourth-order valence-electron chi connectivity index (χ4n) is 2.20. The van der Waals surface area contributed by atoms with Gasteiger partial charge in [-0.3, -0.25) is 0 Å². The van der Waals surface area contributed by atoms with Crippen LogP contribution in [-0.2, 0) is 6.54 Å². The third kappa shape index (κ3) is 3.72. The quantitative estimate of drug-likeness (QED) is 0.729. The molecule has 18 heavy (non-hydrogen) atoms. The SMILES string of the molecule is CNCCCNCc1c(C)cc(C)c(C)c1OC. The van der Waals surface area contributed by atoms with Crippen LogP contribution in [0.1, 0.15) is 28.7 Å². The monoisotopic (exact) mass is 250 g/mol. The van der Waals surface area contributed by atoms with Gasteiger partial charge in [-0.2, -0.15) is 0 Å². The Balaban J connectivity index is 2.72. The molecule has 0 unspecified atom stereocenters. The van der Waals surface area contributed by atoms with E-state index in [9.17, 15) is 0 Å². The molecule has 1 aromatic rings. The summed E-state index contributed by atoms with van der Waals surface area (Å²) in [7, 11) is 3.74. The van der Waals surface area contributed by atoms with E-state index in [1.807, 2.05) is 7.05 Å². The highest BCUT2D eigenvalue weighted by molar-refractivity contribution is 5.49. The number of hydrogen-bond acceptors (Lipinski definition) is 3. The highest BCUT2D eigenvalue weighted by Crippen LogP contribution is 2.29. The summed E-state index contributed by atoms with van der Waals surface area (Å²) in [5.74, 6) is 1.04. The van der Waals surface area contributed by atoms with Crippen molar-refractivity contribution in [1.82, 2.24) is 10.6 Å². The van der Waals surface area contributed by atoms with Crippen LogP contribution in [0.3, 0.4) is 0 Å². The van der Waals surface area contributed by atoms with Gasteiger partial charge < -0.3 is 15.4 Å². The van der Waals surface area contributed by atoms with Crippen molar-refractivity contribution < 1.29 is 4.74 Å². The van der Waals surface area contributed by atoms with E-state index in [1.54, 1.807) is 7.11 Å². The smallest absolute Gasteiger partial charge is 0.126 e. The van der Waals surface area contributed by atoms with Crippen LogP contribution < -0.4 is 15.4 Å². The van der Waals surface area contributed by atoms with E-state index in [0.717, 1.165) is 31.8 Å². The number of methoxy groups -OCH3 is 1. The van der Waals surface area contributed by atoms with Crippen molar-refractivity contribution in [1.29, 1.82) is 0 Å². The van der Waals surface area contributed by atoms with Gasteiger partial charge in [0.05, 0.1) is 7.11 Å². The fourth-order valence-corrected chi connectivity index (χ4v) is 2.20. The fraction of sp³-hybridized carbons (Fsp3) is 0.600. The summed E-state index contributed by atoms with van der Waals surface area (Å²) < 4.78 is 5.56. The molecule has 0 aliphatic carbocycles. The van der Waals surface area contributed by atoms with Gasteiger partial charge in [0, 0.05) is 12.1 Å². The molecule has 1 aromatic carbocycles. The molecule has 1 rings (SSSR count). The Bertz CT molecular complexity index is 389. The predicted molar refractivity (Wildman–Crippen MR) is 77.5 cm³/mol. The normalized spacial score (nSPS) is 10.7. The molecule has 0 saturated carbocycles. The molecule has 0 atom stereocenters. The van der Waals surface area contributed by atoms with Crippen molar-refractivity contribution in [3.63, 3.8) is 0 Å². The summed E-state index contributed by atoms with van der Waals surface area (Å²) in [5, 5.41) is 6.63. The zero-order valence-electron chi connectivity index (χ0n) is 12.3. The molecule has 0 aromatic heterocycles. The lowest BCUT2D eigenvalue weighted by Gasteiger charge is -2.17. The van der Waals surface area contributed by atoms with Gasteiger partial charge in [-0.1, -0.05) is 6.07 Å². The molecule has 102 valence electrons. The molecule has 0 fully saturated rings. The first-order chi connectivity index (χ1) is 8.61.